The highest BCUT2D eigenvalue weighted by molar-refractivity contribution is 9.15. The molecule has 128 valence electrons. The predicted molar refractivity (Wildman–Crippen MR) is 103 cm³/mol. The number of halogens is 1. The van der Waals surface area contributed by atoms with Crippen LogP contribution in [0.25, 0.3) is 4.48 Å². The van der Waals surface area contributed by atoms with E-state index in [1.807, 2.05) is 30.3 Å². The number of aryl methyl sites for hydroxylation is 2. The van der Waals surface area contributed by atoms with Gasteiger partial charge in [0, 0.05) is 15.6 Å². The number of anilines is 1. The second-order valence-electron chi connectivity index (χ2n) is 6.25. The number of amides is 2. The van der Waals surface area contributed by atoms with Crippen molar-refractivity contribution < 1.29 is 9.59 Å². The van der Waals surface area contributed by atoms with Gasteiger partial charge in [-0.1, -0.05) is 36.4 Å². The molecule has 4 nitrogen and oxygen atoms in total. The Morgan fingerprint density at radius 3 is 2.56 bits per heavy atom. The van der Waals surface area contributed by atoms with Gasteiger partial charge in [0.05, 0.1) is 18.7 Å². The molecule has 0 aromatic heterocycles. The largest absolute Gasteiger partial charge is 0.366 e. The Bertz CT molecular complexity index is 902. The summed E-state index contributed by atoms with van der Waals surface area (Å²) in [4.78, 5) is 26.4. The van der Waals surface area contributed by atoms with E-state index in [2.05, 4.69) is 41.9 Å². The van der Waals surface area contributed by atoms with E-state index in [1.54, 1.807) is 4.90 Å². The van der Waals surface area contributed by atoms with Crippen molar-refractivity contribution in [1.29, 1.82) is 0 Å². The number of rotatable bonds is 3. The number of hydrogen-bond donors (Lipinski definition) is 1. The zero-order valence-electron chi connectivity index (χ0n) is 14.2. The maximum Gasteiger partial charge on any atom is 0.246 e. The maximum absolute atomic E-state index is 12.9. The van der Waals surface area contributed by atoms with Crippen molar-refractivity contribution in [2.75, 3.05) is 4.90 Å². The van der Waals surface area contributed by atoms with Gasteiger partial charge >= 0.3 is 0 Å². The number of hydrogen-bond acceptors (Lipinski definition) is 2. The lowest BCUT2D eigenvalue weighted by atomic mass is 10.1. The second kappa shape index (κ2) is 6.84. The number of primary amides is 1. The van der Waals surface area contributed by atoms with Gasteiger partial charge in [0.1, 0.15) is 0 Å². The zero-order valence-corrected chi connectivity index (χ0v) is 15.8. The molecule has 1 aliphatic rings. The Kier molecular flexibility index (Phi) is 4.77. The van der Waals surface area contributed by atoms with Crippen LogP contribution in [0, 0.1) is 13.8 Å². The van der Waals surface area contributed by atoms with Gasteiger partial charge in [-0.05, 0) is 52.5 Å². The molecule has 25 heavy (non-hydrogen) atoms. The van der Waals surface area contributed by atoms with Crippen molar-refractivity contribution in [2.45, 2.75) is 26.8 Å². The van der Waals surface area contributed by atoms with Crippen molar-refractivity contribution in [1.82, 2.24) is 0 Å². The van der Waals surface area contributed by atoms with Gasteiger partial charge in [-0.2, -0.15) is 0 Å². The summed E-state index contributed by atoms with van der Waals surface area (Å²) >= 11 is 3.47. The summed E-state index contributed by atoms with van der Waals surface area (Å²) in [6.45, 7) is 4.56. The lowest BCUT2D eigenvalue weighted by molar-refractivity contribution is -0.120. The van der Waals surface area contributed by atoms with Crippen molar-refractivity contribution >= 4 is 37.9 Å². The summed E-state index contributed by atoms with van der Waals surface area (Å²) in [6.07, 6.45) is -0.0184. The summed E-state index contributed by atoms with van der Waals surface area (Å²) < 4.78 is 0.589. The molecule has 3 rings (SSSR count). The highest BCUT2D eigenvalue weighted by atomic mass is 79.9. The quantitative estimate of drug-likeness (QED) is 0.853. The minimum atomic E-state index is -0.581. The highest BCUT2D eigenvalue weighted by Crippen LogP contribution is 2.38. The average Bonchev–Trinajstić information content (AvgIpc) is 2.69. The van der Waals surface area contributed by atoms with Gasteiger partial charge in [0.2, 0.25) is 11.8 Å². The molecule has 0 aliphatic carbocycles. The fraction of sp³-hybridized carbons (Fsp3) is 0.200. The molecule has 0 radical (unpaired) electrons. The average molecular weight is 399 g/mol. The minimum Gasteiger partial charge on any atom is -0.366 e. The summed E-state index contributed by atoms with van der Waals surface area (Å²) in [6, 6.07) is 13.7. The lowest BCUT2D eigenvalue weighted by Crippen LogP contribution is -2.31. The number of nitrogens with zero attached hydrogens (tertiary/aromatic N) is 1. The molecule has 0 saturated carbocycles. The molecule has 2 N–H and O–H groups in total. The van der Waals surface area contributed by atoms with Crippen LogP contribution in [-0.4, -0.2) is 11.8 Å². The highest BCUT2D eigenvalue weighted by Gasteiger charge is 2.28. The molecular weight excluding hydrogens is 380 g/mol. The van der Waals surface area contributed by atoms with E-state index in [0.29, 0.717) is 16.6 Å². The fourth-order valence-corrected chi connectivity index (χ4v) is 3.64. The number of benzene rings is 2. The van der Waals surface area contributed by atoms with Crippen LogP contribution in [0.2, 0.25) is 0 Å². The van der Waals surface area contributed by atoms with Gasteiger partial charge in [-0.15, -0.1) is 0 Å². The van der Waals surface area contributed by atoms with Crippen molar-refractivity contribution in [3.8, 4) is 0 Å². The van der Waals surface area contributed by atoms with Crippen LogP contribution >= 0.6 is 15.9 Å². The van der Waals surface area contributed by atoms with Gasteiger partial charge < -0.3 is 10.6 Å². The Balaban J connectivity index is 2.07. The number of carbonyl (C=O) groups excluding carboxylic acids is 2. The maximum atomic E-state index is 12.9. The Morgan fingerprint density at radius 2 is 1.88 bits per heavy atom. The topological polar surface area (TPSA) is 63.4 Å². The molecule has 1 heterocycles. The summed E-state index contributed by atoms with van der Waals surface area (Å²) in [7, 11) is 0. The van der Waals surface area contributed by atoms with Gasteiger partial charge in [0.25, 0.3) is 0 Å². The standard InChI is InChI=1S/C20H19BrN2O2/c1-12-7-8-14(9-13(12)2)11-23-17-6-4-3-5-15(17)19(21)16(20(22)25)10-18(23)24/h3-9H,10-11H2,1-2H3,(H2,22,25). The Hall–Kier alpha value is -2.40. The third kappa shape index (κ3) is 3.37. The monoisotopic (exact) mass is 398 g/mol. The van der Waals surface area contributed by atoms with Crippen LogP contribution in [-0.2, 0) is 16.1 Å². The molecule has 0 bridgehead atoms. The molecule has 1 aliphatic heterocycles. The number of para-hydroxylation sites is 1. The van der Waals surface area contributed by atoms with Crippen molar-refractivity contribution in [2.24, 2.45) is 5.73 Å². The first kappa shape index (κ1) is 17.4. The fourth-order valence-electron chi connectivity index (χ4n) is 2.97. The normalized spacial score (nSPS) is 14.4. The minimum absolute atomic E-state index is 0.0184. The van der Waals surface area contributed by atoms with Gasteiger partial charge in [-0.3, -0.25) is 9.59 Å². The van der Waals surface area contributed by atoms with Crippen LogP contribution in [0.4, 0.5) is 5.69 Å². The molecule has 0 spiro atoms. The summed E-state index contributed by atoms with van der Waals surface area (Å²) in [5, 5.41) is 0. The molecule has 5 heteroatoms. The SMILES string of the molecule is Cc1ccc(CN2C(=O)CC(C(N)=O)=C(Br)c3ccccc32)cc1C. The van der Waals surface area contributed by atoms with Crippen LogP contribution in [0.5, 0.6) is 0 Å². The Morgan fingerprint density at radius 1 is 1.16 bits per heavy atom. The van der Waals surface area contributed by atoms with Gasteiger partial charge in [0.15, 0.2) is 0 Å². The first-order valence-electron chi connectivity index (χ1n) is 8.03. The summed E-state index contributed by atoms with van der Waals surface area (Å²) in [5.74, 6) is -0.725. The first-order chi connectivity index (χ1) is 11.9. The van der Waals surface area contributed by atoms with E-state index in [-0.39, 0.29) is 12.3 Å². The van der Waals surface area contributed by atoms with E-state index >= 15 is 0 Å². The molecule has 2 amide bonds. The molecule has 0 saturated heterocycles. The van der Waals surface area contributed by atoms with Crippen LogP contribution in [0.15, 0.2) is 48.0 Å². The molecular formula is C20H19BrN2O2. The summed E-state index contributed by atoms with van der Waals surface area (Å²) in [5.41, 5.74) is 10.8. The molecule has 2 aromatic carbocycles. The van der Waals surface area contributed by atoms with E-state index < -0.39 is 5.91 Å². The van der Waals surface area contributed by atoms with E-state index in [9.17, 15) is 9.59 Å². The first-order valence-corrected chi connectivity index (χ1v) is 8.82. The smallest absolute Gasteiger partial charge is 0.246 e. The van der Waals surface area contributed by atoms with E-state index in [1.165, 1.54) is 11.1 Å². The lowest BCUT2D eigenvalue weighted by Gasteiger charge is -2.23. The van der Waals surface area contributed by atoms with Crippen LogP contribution in [0.3, 0.4) is 0 Å². The molecule has 0 fully saturated rings. The number of carbonyl (C=O) groups is 2. The van der Waals surface area contributed by atoms with Crippen molar-refractivity contribution in [3.05, 3.63) is 70.3 Å². The van der Waals surface area contributed by atoms with Crippen LogP contribution in [0.1, 0.15) is 28.7 Å². The van der Waals surface area contributed by atoms with E-state index in [0.717, 1.165) is 16.8 Å². The second-order valence-corrected chi connectivity index (χ2v) is 7.04. The van der Waals surface area contributed by atoms with E-state index in [4.69, 9.17) is 5.73 Å². The Labute approximate surface area is 155 Å². The van der Waals surface area contributed by atoms with Crippen molar-refractivity contribution in [3.63, 3.8) is 0 Å². The zero-order chi connectivity index (χ0) is 18.1. The van der Waals surface area contributed by atoms with Crippen LogP contribution < -0.4 is 10.6 Å². The van der Waals surface area contributed by atoms with Gasteiger partial charge in [-0.25, -0.2) is 0 Å². The third-order valence-corrected chi connectivity index (χ3v) is 5.44. The molecule has 0 unspecified atom stereocenters. The predicted octanol–water partition coefficient (Wildman–Crippen LogP) is 3.83. The number of fused-ring (bicyclic) bond motifs is 1. The third-order valence-electron chi connectivity index (χ3n) is 4.53. The molecule has 2 aromatic rings. The number of nitrogens with two attached hydrogens (primary N) is 1. The molecule has 0 atom stereocenters.